The van der Waals surface area contributed by atoms with Gasteiger partial charge in [-0.2, -0.15) is 0 Å². The highest BCUT2D eigenvalue weighted by molar-refractivity contribution is 5.89. The number of carbonyl (C=O) groups excluding carboxylic acids is 2. The van der Waals surface area contributed by atoms with E-state index in [1.807, 2.05) is 5.43 Å². The summed E-state index contributed by atoms with van der Waals surface area (Å²) >= 11 is 0. The second-order valence-corrected chi connectivity index (χ2v) is 4.86. The van der Waals surface area contributed by atoms with Crippen molar-refractivity contribution < 1.29 is 29.4 Å². The zero-order valence-corrected chi connectivity index (χ0v) is 12.6. The summed E-state index contributed by atoms with van der Waals surface area (Å²) in [6, 6.07) is -3.79. The number of hydrogen-bond acceptors (Lipinski definition) is 6. The lowest BCUT2D eigenvalue weighted by Gasteiger charge is -2.30. The molecule has 23 heavy (non-hydrogen) atoms. The molecule has 0 aliphatic rings. The molecule has 0 spiro atoms. The fourth-order valence-electron chi connectivity index (χ4n) is 1.83. The van der Waals surface area contributed by atoms with E-state index in [9.17, 15) is 24.3 Å². The third-order valence-electron chi connectivity index (χ3n) is 2.98. The Labute approximate surface area is 132 Å². The van der Waals surface area contributed by atoms with E-state index in [0.717, 1.165) is 0 Å². The van der Waals surface area contributed by atoms with Crippen LogP contribution in [0.2, 0.25) is 0 Å². The molecule has 0 saturated heterocycles. The molecule has 2 atom stereocenters. The molecule has 11 nitrogen and oxygen atoms in total. The van der Waals surface area contributed by atoms with Crippen LogP contribution < -0.4 is 22.6 Å². The quantitative estimate of drug-likeness (QED) is 0.198. The van der Waals surface area contributed by atoms with Crippen LogP contribution in [0.1, 0.15) is 32.1 Å². The average molecular weight is 333 g/mol. The number of primary amides is 1. The monoisotopic (exact) mass is 333 g/mol. The van der Waals surface area contributed by atoms with Gasteiger partial charge in [0.05, 0.1) is 6.04 Å². The van der Waals surface area contributed by atoms with Crippen LogP contribution in [0.15, 0.2) is 0 Å². The summed E-state index contributed by atoms with van der Waals surface area (Å²) in [7, 11) is 0. The summed E-state index contributed by atoms with van der Waals surface area (Å²) in [5.74, 6) is -3.43. The van der Waals surface area contributed by atoms with Crippen molar-refractivity contribution in [1.29, 1.82) is 0 Å². The Kier molecular flexibility index (Phi) is 9.27. The van der Waals surface area contributed by atoms with Crippen molar-refractivity contribution in [2.45, 2.75) is 44.2 Å². The number of carboxylic acid groups (broad SMARTS) is 2. The summed E-state index contributed by atoms with van der Waals surface area (Å²) in [6.45, 7) is 0.349. The summed E-state index contributed by atoms with van der Waals surface area (Å²) < 4.78 is 0. The third-order valence-corrected chi connectivity index (χ3v) is 2.98. The minimum Gasteiger partial charge on any atom is -0.481 e. The molecule has 0 rings (SSSR count). The highest BCUT2D eigenvalue weighted by atomic mass is 16.4. The Morgan fingerprint density at radius 3 is 2.13 bits per heavy atom. The summed E-state index contributed by atoms with van der Waals surface area (Å²) in [5, 5.41) is 18.4. The van der Waals surface area contributed by atoms with E-state index in [2.05, 4.69) is 0 Å². The molecule has 9 N–H and O–H groups in total. The molecule has 0 bridgehead atoms. The maximum absolute atomic E-state index is 12.2. The van der Waals surface area contributed by atoms with Gasteiger partial charge < -0.3 is 27.4 Å². The maximum Gasteiger partial charge on any atom is 0.331 e. The topological polar surface area (TPSA) is 202 Å². The van der Waals surface area contributed by atoms with Crippen LogP contribution in [-0.2, 0) is 14.4 Å². The molecule has 0 aromatic heterocycles. The van der Waals surface area contributed by atoms with Gasteiger partial charge in [0.15, 0.2) is 6.04 Å². The fraction of sp³-hybridized carbons (Fsp3) is 0.667. The number of aliphatic carboxylic acids is 2. The first-order chi connectivity index (χ1) is 10.7. The van der Waals surface area contributed by atoms with Crippen LogP contribution in [0.4, 0.5) is 4.79 Å². The molecule has 0 aliphatic heterocycles. The molecule has 0 unspecified atom stereocenters. The Morgan fingerprint density at radius 1 is 1.09 bits per heavy atom. The number of nitrogens with one attached hydrogen (secondary N) is 1. The van der Waals surface area contributed by atoms with Gasteiger partial charge in [0, 0.05) is 6.42 Å². The number of nitrogens with zero attached hydrogens (tertiary/aromatic N) is 1. The summed E-state index contributed by atoms with van der Waals surface area (Å²) in [5.41, 5.74) is 17.8. The fourth-order valence-corrected chi connectivity index (χ4v) is 1.83. The lowest BCUT2D eigenvalue weighted by atomic mass is 10.1. The standard InChI is InChI=1S/C12H23N5O6/c13-6-2-1-3-8(11(21)22)17(16-12(15)23)10(20)7(14)4-5-9(18)19/h7-8H,1-6,13-14H2,(H,18,19)(H,21,22)(H3,15,16,23)/t7-,8-/m0/s1. The number of carboxylic acids is 2. The van der Waals surface area contributed by atoms with E-state index in [-0.39, 0.29) is 19.3 Å². The predicted molar refractivity (Wildman–Crippen MR) is 78.7 cm³/mol. The second-order valence-electron chi connectivity index (χ2n) is 4.86. The molecule has 0 aliphatic carbocycles. The lowest BCUT2D eigenvalue weighted by molar-refractivity contribution is -0.153. The van der Waals surface area contributed by atoms with Crippen LogP contribution in [0, 0.1) is 0 Å². The van der Waals surface area contributed by atoms with Gasteiger partial charge in [0.25, 0.3) is 5.91 Å². The van der Waals surface area contributed by atoms with E-state index in [0.29, 0.717) is 24.4 Å². The van der Waals surface area contributed by atoms with Crippen molar-refractivity contribution in [1.82, 2.24) is 10.4 Å². The molecule has 0 saturated carbocycles. The number of unbranched alkanes of at least 4 members (excludes halogenated alkanes) is 1. The van der Waals surface area contributed by atoms with Crippen molar-refractivity contribution in [3.05, 3.63) is 0 Å². The number of carbonyl (C=O) groups is 4. The maximum atomic E-state index is 12.2. The van der Waals surface area contributed by atoms with Gasteiger partial charge in [-0.1, -0.05) is 0 Å². The first-order valence-corrected chi connectivity index (χ1v) is 7.00. The third kappa shape index (κ3) is 7.97. The number of hydrogen-bond donors (Lipinski definition) is 6. The molecular formula is C12H23N5O6. The highest BCUT2D eigenvalue weighted by Crippen LogP contribution is 2.10. The van der Waals surface area contributed by atoms with Gasteiger partial charge in [-0.25, -0.2) is 20.0 Å². The van der Waals surface area contributed by atoms with E-state index in [4.69, 9.17) is 22.3 Å². The first-order valence-electron chi connectivity index (χ1n) is 7.00. The highest BCUT2D eigenvalue weighted by Gasteiger charge is 2.33. The van der Waals surface area contributed by atoms with Gasteiger partial charge in [0.1, 0.15) is 0 Å². The van der Waals surface area contributed by atoms with Gasteiger partial charge >= 0.3 is 18.0 Å². The van der Waals surface area contributed by atoms with Crippen LogP contribution in [0.5, 0.6) is 0 Å². The van der Waals surface area contributed by atoms with Crippen molar-refractivity contribution >= 4 is 23.9 Å². The van der Waals surface area contributed by atoms with Crippen LogP contribution in [0.3, 0.4) is 0 Å². The van der Waals surface area contributed by atoms with Crippen LogP contribution in [0.25, 0.3) is 0 Å². The van der Waals surface area contributed by atoms with Crippen molar-refractivity contribution in [3.63, 3.8) is 0 Å². The van der Waals surface area contributed by atoms with E-state index in [1.54, 1.807) is 0 Å². The lowest BCUT2D eigenvalue weighted by Crippen LogP contribution is -2.60. The predicted octanol–water partition coefficient (Wildman–Crippen LogP) is -1.83. The Balaban J connectivity index is 5.11. The second kappa shape index (κ2) is 10.3. The molecule has 0 fully saturated rings. The number of urea groups is 1. The summed E-state index contributed by atoms with van der Waals surface area (Å²) in [6.07, 6.45) is 0.391. The molecule has 0 aromatic carbocycles. The van der Waals surface area contributed by atoms with Gasteiger partial charge in [-0.15, -0.1) is 0 Å². The van der Waals surface area contributed by atoms with Gasteiger partial charge in [-0.3, -0.25) is 9.59 Å². The minimum absolute atomic E-state index is 0.0319. The number of hydrazine groups is 1. The number of nitrogens with two attached hydrogens (primary N) is 3. The Bertz CT molecular complexity index is 444. The van der Waals surface area contributed by atoms with Crippen molar-refractivity contribution in [2.75, 3.05) is 6.54 Å². The Morgan fingerprint density at radius 2 is 1.70 bits per heavy atom. The van der Waals surface area contributed by atoms with Crippen LogP contribution >= 0.6 is 0 Å². The average Bonchev–Trinajstić information content (AvgIpc) is 2.46. The molecule has 132 valence electrons. The van der Waals surface area contributed by atoms with Crippen molar-refractivity contribution in [2.24, 2.45) is 17.2 Å². The minimum atomic E-state index is -1.38. The largest absolute Gasteiger partial charge is 0.481 e. The zero-order chi connectivity index (χ0) is 18.0. The molecule has 0 heterocycles. The molecule has 0 aromatic rings. The smallest absolute Gasteiger partial charge is 0.331 e. The van der Waals surface area contributed by atoms with E-state index >= 15 is 0 Å². The zero-order valence-electron chi connectivity index (χ0n) is 12.6. The normalized spacial score (nSPS) is 13.0. The number of rotatable bonds is 10. The molecule has 3 amide bonds. The molecule has 11 heteroatoms. The van der Waals surface area contributed by atoms with Gasteiger partial charge in [0.2, 0.25) is 0 Å². The van der Waals surface area contributed by atoms with Gasteiger partial charge in [-0.05, 0) is 32.2 Å². The van der Waals surface area contributed by atoms with E-state index < -0.39 is 36.0 Å². The summed E-state index contributed by atoms with van der Waals surface area (Å²) in [4.78, 5) is 45.1. The van der Waals surface area contributed by atoms with E-state index in [1.165, 1.54) is 0 Å². The number of amides is 3. The Hall–Kier alpha value is -2.40. The first kappa shape index (κ1) is 20.6. The molecular weight excluding hydrogens is 310 g/mol. The van der Waals surface area contributed by atoms with Crippen molar-refractivity contribution in [3.8, 4) is 0 Å². The van der Waals surface area contributed by atoms with Crippen LogP contribution in [-0.4, -0.2) is 57.7 Å². The SMILES string of the molecule is NCCCC[C@@H](C(=O)O)N(NC(N)=O)C(=O)[C@@H](N)CCC(=O)O. The molecule has 0 radical (unpaired) electrons.